The quantitative estimate of drug-likeness (QED) is 0.474. The molecule has 0 fully saturated rings. The second-order valence-corrected chi connectivity index (χ2v) is 6.42. The summed E-state index contributed by atoms with van der Waals surface area (Å²) in [6, 6.07) is 0. The fraction of sp³-hybridized carbons (Fsp3) is 1.00. The van der Waals surface area contributed by atoms with Gasteiger partial charge in [0.1, 0.15) is 0 Å². The van der Waals surface area contributed by atoms with E-state index in [2.05, 4.69) is 107 Å². The van der Waals surface area contributed by atoms with Crippen LogP contribution in [0, 0.1) is 23.2 Å². The fourth-order valence-corrected chi connectivity index (χ4v) is 1.71. The van der Waals surface area contributed by atoms with E-state index in [-0.39, 0.29) is 7.43 Å². The Morgan fingerprint density at radius 2 is 0.955 bits per heavy atom. The average Bonchev–Trinajstić information content (AvgIpc) is 2.56. The maximum Gasteiger partial charge on any atom is 0 e. The van der Waals surface area contributed by atoms with Crippen LogP contribution < -0.4 is 0 Å². The third-order valence-corrected chi connectivity index (χ3v) is 5.12. The van der Waals surface area contributed by atoms with E-state index in [1.54, 1.807) is 0 Å². The molecule has 4 heteroatoms. The van der Waals surface area contributed by atoms with Gasteiger partial charge in [-0.3, -0.25) is 0 Å². The predicted molar refractivity (Wildman–Crippen MR) is 119 cm³/mol. The van der Waals surface area contributed by atoms with Crippen molar-refractivity contribution in [3.63, 3.8) is 0 Å². The molecule has 0 aromatic heterocycles. The molecule has 0 aromatic carbocycles. The lowest BCUT2D eigenvalue weighted by Crippen LogP contribution is -2.19. The highest BCUT2D eigenvalue weighted by Gasteiger charge is 2.21. The van der Waals surface area contributed by atoms with Crippen molar-refractivity contribution in [2.45, 2.75) is 95.4 Å². The third-order valence-electron chi connectivity index (χ3n) is 5.12. The summed E-state index contributed by atoms with van der Waals surface area (Å²) in [6.45, 7) is 20.7. The van der Waals surface area contributed by atoms with Gasteiger partial charge < -0.3 is 0 Å². The molecule has 0 bridgehead atoms. The van der Waals surface area contributed by atoms with E-state index in [9.17, 15) is 0 Å². The van der Waals surface area contributed by atoms with Crippen LogP contribution in [-0.4, -0.2) is 0 Å². The van der Waals surface area contributed by atoms with E-state index in [0.717, 1.165) is 17.8 Å². The molecule has 0 aromatic rings. The lowest BCUT2D eigenvalue weighted by atomic mass is 9.77. The monoisotopic (exact) mass is 386 g/mol. The van der Waals surface area contributed by atoms with Gasteiger partial charge in [0, 0.05) is 44.8 Å². The molecule has 3 atom stereocenters. The Morgan fingerprint density at radius 3 is 1.05 bits per heavy atom. The van der Waals surface area contributed by atoms with Crippen molar-refractivity contribution < 1.29 is 0 Å². The molecule has 22 heavy (non-hydrogen) atoms. The van der Waals surface area contributed by atoms with Gasteiger partial charge in [-0.1, -0.05) is 95.4 Å². The van der Waals surface area contributed by atoms with E-state index in [0.29, 0.717) is 5.41 Å². The molecular formula is C18H42S4. The Labute approximate surface area is 162 Å². The molecule has 0 aliphatic carbocycles. The molecule has 0 saturated heterocycles. The first kappa shape index (κ1) is 34.3. The van der Waals surface area contributed by atoms with Gasteiger partial charge in [-0.15, -0.1) is 0 Å². The average molecular weight is 387 g/mol. The molecular weight excluding hydrogens is 344 g/mol. The standard InChI is InChI=1S/C9H20.C8H18.CH4.2S2/c1-6-8(3)9(4,5)7-2;1-5-7(3)8(4)6-2;;2*1-2/h8H,6-7H2,1-5H3;7-8H,5-6H2,1-4H3;1H4;;. The van der Waals surface area contributed by atoms with Crippen LogP contribution in [0.3, 0.4) is 0 Å². The first-order chi connectivity index (χ1) is 9.76. The van der Waals surface area contributed by atoms with E-state index in [1.807, 2.05) is 0 Å². The van der Waals surface area contributed by atoms with Gasteiger partial charge >= 0.3 is 0 Å². The van der Waals surface area contributed by atoms with E-state index < -0.39 is 0 Å². The summed E-state index contributed by atoms with van der Waals surface area (Å²) < 4.78 is 0. The van der Waals surface area contributed by atoms with Crippen molar-refractivity contribution in [1.82, 2.24) is 0 Å². The van der Waals surface area contributed by atoms with E-state index in [4.69, 9.17) is 0 Å². The van der Waals surface area contributed by atoms with Crippen LogP contribution in [0.15, 0.2) is 0 Å². The van der Waals surface area contributed by atoms with Crippen LogP contribution in [-0.2, 0) is 44.8 Å². The smallest absolute Gasteiger partial charge is 0 e. The Bertz CT molecular complexity index is 186. The summed E-state index contributed by atoms with van der Waals surface area (Å²) in [5.41, 5.74) is 0.550. The Kier molecular flexibility index (Phi) is 37.6. The number of hydrogen-bond donors (Lipinski definition) is 0. The molecule has 0 heterocycles. The van der Waals surface area contributed by atoms with Gasteiger partial charge in [-0.2, -0.15) is 0 Å². The zero-order valence-corrected chi connectivity index (χ0v) is 19.0. The Balaban J connectivity index is -0.0000000689. The molecule has 0 N–H and O–H groups in total. The maximum absolute atomic E-state index is 3.67. The molecule has 3 unspecified atom stereocenters. The Hall–Kier alpha value is 0.880. The molecule has 0 spiro atoms. The van der Waals surface area contributed by atoms with Crippen molar-refractivity contribution >= 4 is 44.8 Å². The van der Waals surface area contributed by atoms with Crippen molar-refractivity contribution in [3.05, 3.63) is 0 Å². The summed E-state index contributed by atoms with van der Waals surface area (Å²) in [6.07, 6.45) is 5.26. The first-order valence-electron chi connectivity index (χ1n) is 8.09. The minimum absolute atomic E-state index is 0. The van der Waals surface area contributed by atoms with Gasteiger partial charge in [-0.05, 0) is 23.2 Å². The van der Waals surface area contributed by atoms with Gasteiger partial charge in [-0.25, -0.2) is 0 Å². The van der Waals surface area contributed by atoms with E-state index in [1.165, 1.54) is 25.7 Å². The van der Waals surface area contributed by atoms with Crippen LogP contribution >= 0.6 is 0 Å². The van der Waals surface area contributed by atoms with Gasteiger partial charge in [0.25, 0.3) is 0 Å². The zero-order valence-electron chi connectivity index (χ0n) is 15.7. The lowest BCUT2D eigenvalue weighted by Gasteiger charge is -2.29. The summed E-state index contributed by atoms with van der Waals surface area (Å²) >= 11 is 14.7. The van der Waals surface area contributed by atoms with Crippen molar-refractivity contribution in [2.75, 3.05) is 0 Å². The van der Waals surface area contributed by atoms with Gasteiger partial charge in [0.05, 0.1) is 0 Å². The topological polar surface area (TPSA) is 0 Å². The Morgan fingerprint density at radius 1 is 0.682 bits per heavy atom. The van der Waals surface area contributed by atoms with Crippen molar-refractivity contribution in [3.8, 4) is 0 Å². The molecule has 0 saturated carbocycles. The molecule has 0 aliphatic rings. The molecule has 138 valence electrons. The van der Waals surface area contributed by atoms with Crippen molar-refractivity contribution in [2.24, 2.45) is 23.2 Å². The van der Waals surface area contributed by atoms with Crippen LogP contribution in [0.1, 0.15) is 95.4 Å². The predicted octanol–water partition coefficient (Wildman–Crippen LogP) is 7.17. The zero-order chi connectivity index (χ0) is 18.1. The molecule has 0 amide bonds. The highest BCUT2D eigenvalue weighted by atomic mass is 32.8. The normalized spacial score (nSPS) is 13.3. The maximum atomic E-state index is 3.67. The molecule has 0 aliphatic heterocycles. The van der Waals surface area contributed by atoms with Crippen LogP contribution in [0.25, 0.3) is 0 Å². The van der Waals surface area contributed by atoms with Gasteiger partial charge in [0.15, 0.2) is 0 Å². The van der Waals surface area contributed by atoms with E-state index >= 15 is 0 Å². The summed E-state index contributed by atoms with van der Waals surface area (Å²) in [4.78, 5) is 0. The molecule has 0 rings (SSSR count). The molecule has 0 nitrogen and oxygen atoms in total. The highest BCUT2D eigenvalue weighted by molar-refractivity contribution is 8.07. The summed E-state index contributed by atoms with van der Waals surface area (Å²) in [7, 11) is 0. The summed E-state index contributed by atoms with van der Waals surface area (Å²) in [5, 5.41) is 0. The largest absolute Gasteiger partial charge is 0.0776 e. The minimum Gasteiger partial charge on any atom is -0.0776 e. The third kappa shape index (κ3) is 20.9. The van der Waals surface area contributed by atoms with Crippen LogP contribution in [0.4, 0.5) is 0 Å². The fourth-order valence-electron chi connectivity index (χ4n) is 1.71. The number of rotatable bonds is 6. The first-order valence-corrected chi connectivity index (χ1v) is 10.8. The van der Waals surface area contributed by atoms with Crippen LogP contribution in [0.5, 0.6) is 0 Å². The minimum atomic E-state index is 0. The second-order valence-electron chi connectivity index (χ2n) is 6.42. The van der Waals surface area contributed by atoms with Crippen LogP contribution in [0.2, 0.25) is 0 Å². The van der Waals surface area contributed by atoms with Gasteiger partial charge in [0.2, 0.25) is 0 Å². The number of hydrogen-bond acceptors (Lipinski definition) is 4. The highest BCUT2D eigenvalue weighted by Crippen LogP contribution is 2.31. The lowest BCUT2D eigenvalue weighted by molar-refractivity contribution is 0.215. The van der Waals surface area contributed by atoms with Crippen molar-refractivity contribution in [1.29, 1.82) is 0 Å². The second kappa shape index (κ2) is 24.1. The SMILES string of the molecule is C.CCC(C)C(C)(C)CC.CCC(C)C(C)CC.S=S.S=S. The molecule has 0 radical (unpaired) electrons. The summed E-state index contributed by atoms with van der Waals surface area (Å²) in [5.74, 6) is 2.70.